The molecule has 0 saturated heterocycles. The van der Waals surface area contributed by atoms with Crippen LogP contribution in [0, 0.1) is 0 Å². The van der Waals surface area contributed by atoms with Crippen molar-refractivity contribution in [2.45, 2.75) is 17.9 Å². The van der Waals surface area contributed by atoms with Gasteiger partial charge in [0.25, 0.3) is 0 Å². The summed E-state index contributed by atoms with van der Waals surface area (Å²) in [4.78, 5) is 11.3. The normalized spacial score (nSPS) is 13.0. The van der Waals surface area contributed by atoms with E-state index < -0.39 is 16.1 Å². The van der Waals surface area contributed by atoms with Crippen LogP contribution in [-0.4, -0.2) is 25.9 Å². The molecule has 1 unspecified atom stereocenters. The number of nitrogens with one attached hydrogen (secondary N) is 1. The molecule has 21 heavy (non-hydrogen) atoms. The van der Waals surface area contributed by atoms with Gasteiger partial charge >= 0.3 is 0 Å². The number of carbonyl (C=O) groups excluding carboxylic acids is 1. The number of rotatable bonds is 6. The Morgan fingerprint density at radius 1 is 1.38 bits per heavy atom. The van der Waals surface area contributed by atoms with Crippen molar-refractivity contribution in [1.29, 1.82) is 0 Å². The van der Waals surface area contributed by atoms with Crippen LogP contribution in [0.2, 0.25) is 0 Å². The minimum absolute atomic E-state index is 0.00715. The lowest BCUT2D eigenvalue weighted by Gasteiger charge is -2.11. The quantitative estimate of drug-likeness (QED) is 0.795. The molecule has 0 saturated carbocycles. The van der Waals surface area contributed by atoms with Crippen LogP contribution in [0.5, 0.6) is 0 Å². The fourth-order valence-electron chi connectivity index (χ4n) is 1.74. The third-order valence-corrected chi connectivity index (χ3v) is 5.07. The van der Waals surface area contributed by atoms with Gasteiger partial charge in [-0.1, -0.05) is 12.1 Å². The van der Waals surface area contributed by atoms with Gasteiger partial charge in [-0.3, -0.25) is 4.79 Å². The highest BCUT2D eigenvalue weighted by Crippen LogP contribution is 2.17. The zero-order valence-electron chi connectivity index (χ0n) is 11.3. The Kier molecular flexibility index (Phi) is 4.89. The van der Waals surface area contributed by atoms with E-state index in [-0.39, 0.29) is 17.2 Å². The lowest BCUT2D eigenvalue weighted by Crippen LogP contribution is -2.28. The Morgan fingerprint density at radius 3 is 2.76 bits per heavy atom. The first-order valence-corrected chi connectivity index (χ1v) is 8.63. The summed E-state index contributed by atoms with van der Waals surface area (Å²) in [5.74, 6) is -0.203. The molecule has 5 nitrogen and oxygen atoms in total. The van der Waals surface area contributed by atoms with E-state index in [9.17, 15) is 18.3 Å². The number of thiophene rings is 1. The lowest BCUT2D eigenvalue weighted by atomic mass is 10.2. The Bertz CT molecular complexity index is 723. The van der Waals surface area contributed by atoms with Gasteiger partial charge in [-0.25, -0.2) is 13.1 Å². The second kappa shape index (κ2) is 6.48. The van der Waals surface area contributed by atoms with Crippen LogP contribution < -0.4 is 4.72 Å². The summed E-state index contributed by atoms with van der Waals surface area (Å²) < 4.78 is 26.6. The number of sulfonamides is 1. The summed E-state index contributed by atoms with van der Waals surface area (Å²) in [5, 5.41) is 13.5. The van der Waals surface area contributed by atoms with Crippen molar-refractivity contribution in [3.8, 4) is 0 Å². The van der Waals surface area contributed by atoms with E-state index in [1.807, 2.05) is 5.38 Å². The van der Waals surface area contributed by atoms with Crippen molar-refractivity contribution in [2.75, 3.05) is 6.54 Å². The van der Waals surface area contributed by atoms with Crippen molar-refractivity contribution in [3.63, 3.8) is 0 Å². The van der Waals surface area contributed by atoms with Crippen LogP contribution in [0.4, 0.5) is 0 Å². The molecule has 0 fully saturated rings. The third-order valence-electron chi connectivity index (χ3n) is 2.95. The number of hydrogen-bond acceptors (Lipinski definition) is 5. The van der Waals surface area contributed by atoms with Crippen molar-refractivity contribution in [3.05, 3.63) is 52.2 Å². The highest BCUT2D eigenvalue weighted by Gasteiger charge is 2.17. The number of hydrogen-bond donors (Lipinski definition) is 2. The van der Waals surface area contributed by atoms with E-state index in [0.717, 1.165) is 0 Å². The molecule has 2 N–H and O–H groups in total. The molecule has 1 aromatic carbocycles. The van der Waals surface area contributed by atoms with Crippen molar-refractivity contribution in [2.24, 2.45) is 0 Å². The summed E-state index contributed by atoms with van der Waals surface area (Å²) >= 11 is 1.43. The van der Waals surface area contributed by atoms with Gasteiger partial charge in [-0.05, 0) is 41.4 Å². The standard InChI is InChI=1S/C14H15NO4S2/c1-10(16)11-3-2-4-13(7-11)21(18,19)15-8-14(17)12-5-6-20-9-12/h2-7,9,14-15,17H,8H2,1H3. The van der Waals surface area contributed by atoms with E-state index in [0.29, 0.717) is 11.1 Å². The number of ketones is 1. The predicted octanol–water partition coefficient (Wildman–Crippen LogP) is 1.96. The number of aliphatic hydroxyl groups is 1. The minimum atomic E-state index is -3.76. The van der Waals surface area contributed by atoms with E-state index in [2.05, 4.69) is 4.72 Å². The molecule has 0 aliphatic carbocycles. The molecule has 2 rings (SSSR count). The first-order valence-electron chi connectivity index (χ1n) is 6.21. The number of carbonyl (C=O) groups is 1. The van der Waals surface area contributed by atoms with Gasteiger partial charge in [-0.15, -0.1) is 0 Å². The van der Waals surface area contributed by atoms with Gasteiger partial charge in [0.15, 0.2) is 5.78 Å². The predicted molar refractivity (Wildman–Crippen MR) is 80.9 cm³/mol. The first-order chi connectivity index (χ1) is 9.90. The lowest BCUT2D eigenvalue weighted by molar-refractivity contribution is 0.101. The SMILES string of the molecule is CC(=O)c1cccc(S(=O)(=O)NCC(O)c2ccsc2)c1. The first kappa shape index (κ1) is 15.8. The topological polar surface area (TPSA) is 83.5 Å². The fraction of sp³-hybridized carbons (Fsp3) is 0.214. The Balaban J connectivity index is 2.11. The van der Waals surface area contributed by atoms with Gasteiger partial charge in [0.05, 0.1) is 11.0 Å². The molecule has 112 valence electrons. The van der Waals surface area contributed by atoms with E-state index in [4.69, 9.17) is 0 Å². The molecule has 0 radical (unpaired) electrons. The molecule has 1 heterocycles. The van der Waals surface area contributed by atoms with E-state index in [1.54, 1.807) is 17.5 Å². The number of Topliss-reactive ketones (excluding diaryl/α,β-unsaturated/α-hetero) is 1. The van der Waals surface area contributed by atoms with Gasteiger partial charge in [0, 0.05) is 12.1 Å². The molecular formula is C14H15NO4S2. The highest BCUT2D eigenvalue weighted by molar-refractivity contribution is 7.89. The maximum absolute atomic E-state index is 12.2. The van der Waals surface area contributed by atoms with E-state index in [1.165, 1.54) is 36.5 Å². The van der Waals surface area contributed by atoms with Crippen LogP contribution in [-0.2, 0) is 10.0 Å². The van der Waals surface area contributed by atoms with Crippen LogP contribution in [0.15, 0.2) is 46.0 Å². The Hall–Kier alpha value is -1.54. The molecule has 0 spiro atoms. The summed E-state index contributed by atoms with van der Waals surface area (Å²) in [7, 11) is -3.76. The number of aliphatic hydroxyl groups excluding tert-OH is 1. The van der Waals surface area contributed by atoms with Crippen LogP contribution >= 0.6 is 11.3 Å². The minimum Gasteiger partial charge on any atom is -0.387 e. The summed E-state index contributed by atoms with van der Waals surface area (Å²) in [6.45, 7) is 1.25. The van der Waals surface area contributed by atoms with E-state index >= 15 is 0 Å². The molecule has 2 aromatic rings. The summed E-state index contributed by atoms with van der Waals surface area (Å²) in [6.07, 6.45) is -0.901. The average Bonchev–Trinajstić information content (AvgIpc) is 2.99. The molecular weight excluding hydrogens is 310 g/mol. The van der Waals surface area contributed by atoms with Crippen LogP contribution in [0.3, 0.4) is 0 Å². The second-order valence-corrected chi connectivity index (χ2v) is 7.06. The molecule has 0 amide bonds. The van der Waals surface area contributed by atoms with Crippen molar-refractivity contribution < 1.29 is 18.3 Å². The van der Waals surface area contributed by atoms with Crippen LogP contribution in [0.25, 0.3) is 0 Å². The van der Waals surface area contributed by atoms with Gasteiger partial charge in [-0.2, -0.15) is 11.3 Å². The zero-order valence-corrected chi connectivity index (χ0v) is 12.9. The molecule has 0 bridgehead atoms. The number of benzene rings is 1. The average molecular weight is 325 g/mol. The molecule has 0 aliphatic rings. The molecule has 1 atom stereocenters. The highest BCUT2D eigenvalue weighted by atomic mass is 32.2. The van der Waals surface area contributed by atoms with Gasteiger partial charge in [0.1, 0.15) is 0 Å². The maximum Gasteiger partial charge on any atom is 0.240 e. The third kappa shape index (κ3) is 3.98. The maximum atomic E-state index is 12.2. The molecule has 1 aromatic heterocycles. The summed E-state index contributed by atoms with van der Waals surface area (Å²) in [5.41, 5.74) is 0.997. The Morgan fingerprint density at radius 2 is 2.14 bits per heavy atom. The largest absolute Gasteiger partial charge is 0.387 e. The van der Waals surface area contributed by atoms with Crippen molar-refractivity contribution >= 4 is 27.1 Å². The van der Waals surface area contributed by atoms with Crippen LogP contribution in [0.1, 0.15) is 28.9 Å². The van der Waals surface area contributed by atoms with Gasteiger partial charge < -0.3 is 5.11 Å². The monoisotopic (exact) mass is 325 g/mol. The fourth-order valence-corrected chi connectivity index (χ4v) is 3.53. The Labute approximate surface area is 127 Å². The smallest absolute Gasteiger partial charge is 0.240 e. The second-order valence-electron chi connectivity index (χ2n) is 4.51. The molecule has 7 heteroatoms. The zero-order chi connectivity index (χ0) is 15.5. The van der Waals surface area contributed by atoms with Crippen molar-refractivity contribution in [1.82, 2.24) is 4.72 Å². The molecule has 0 aliphatic heterocycles. The van der Waals surface area contributed by atoms with Gasteiger partial charge in [0.2, 0.25) is 10.0 Å². The summed E-state index contributed by atoms with van der Waals surface area (Å²) in [6, 6.07) is 7.54.